The third kappa shape index (κ3) is 6.93. The van der Waals surface area contributed by atoms with Gasteiger partial charge in [0.1, 0.15) is 24.4 Å². The maximum Gasteiger partial charge on any atom is 0.470 e. The highest BCUT2D eigenvalue weighted by molar-refractivity contribution is 7.46. The summed E-state index contributed by atoms with van der Waals surface area (Å²) < 4.78 is 44.6. The zero-order valence-electron chi connectivity index (χ0n) is 9.94. The second-order valence-corrected chi connectivity index (χ2v) is 7.63. The maximum atomic E-state index is 10.8. The average molecular weight is 374 g/mol. The highest BCUT2D eigenvalue weighted by Gasteiger charge is 2.51. The summed E-state index contributed by atoms with van der Waals surface area (Å²) in [6.45, 7) is 0. The molecule has 0 aromatic carbocycles. The minimum atomic E-state index is -5.18. The van der Waals surface area contributed by atoms with E-state index in [9.17, 15) is 18.8 Å². The van der Waals surface area contributed by atoms with Crippen molar-refractivity contribution in [1.82, 2.24) is 0 Å². The standard InChI is InChI=1S/C5H13O13P3/c6-4-2(16-19(7,8)9)1-3(17-20(10,11)12)5(4)18-21(13,14)15/h2-6H,1H2,(H2,7,8,9)(H2,10,11,12)(H2,13,14,15)/t2-,3-,4-,5+/m1/s1. The van der Waals surface area contributed by atoms with Gasteiger partial charge in [-0.1, -0.05) is 0 Å². The van der Waals surface area contributed by atoms with Crippen LogP contribution in [0.1, 0.15) is 6.42 Å². The monoisotopic (exact) mass is 374 g/mol. The number of rotatable bonds is 6. The van der Waals surface area contributed by atoms with E-state index in [0.29, 0.717) is 0 Å². The number of hydrogen-bond acceptors (Lipinski definition) is 7. The first-order valence-electron chi connectivity index (χ1n) is 5.08. The van der Waals surface area contributed by atoms with E-state index in [2.05, 4.69) is 13.6 Å². The van der Waals surface area contributed by atoms with Crippen LogP contribution in [0.15, 0.2) is 0 Å². The summed E-state index contributed by atoms with van der Waals surface area (Å²) >= 11 is 0. The first kappa shape index (κ1) is 19.3. The molecular weight excluding hydrogens is 361 g/mol. The van der Waals surface area contributed by atoms with Crippen LogP contribution in [0.4, 0.5) is 0 Å². The fourth-order valence-electron chi connectivity index (χ4n) is 1.78. The van der Waals surface area contributed by atoms with Crippen molar-refractivity contribution >= 4 is 23.5 Å². The second-order valence-electron chi connectivity index (χ2n) is 4.06. The molecule has 0 saturated heterocycles. The molecule has 126 valence electrons. The Morgan fingerprint density at radius 1 is 0.714 bits per heavy atom. The van der Waals surface area contributed by atoms with Crippen LogP contribution in [-0.2, 0) is 27.3 Å². The third-order valence-corrected chi connectivity index (χ3v) is 3.96. The van der Waals surface area contributed by atoms with Crippen LogP contribution >= 0.6 is 23.5 Å². The molecule has 0 aromatic heterocycles. The first-order valence-corrected chi connectivity index (χ1v) is 9.67. The van der Waals surface area contributed by atoms with Gasteiger partial charge in [-0.05, 0) is 0 Å². The highest BCUT2D eigenvalue weighted by atomic mass is 31.2. The molecule has 0 spiro atoms. The molecule has 7 N–H and O–H groups in total. The topological polar surface area (TPSA) is 221 Å². The molecule has 0 bridgehead atoms. The smallest absolute Gasteiger partial charge is 0.388 e. The molecule has 1 aliphatic rings. The van der Waals surface area contributed by atoms with Crippen molar-refractivity contribution < 1.29 is 61.7 Å². The second kappa shape index (κ2) is 6.42. The lowest BCUT2D eigenvalue weighted by molar-refractivity contribution is -0.0382. The maximum absolute atomic E-state index is 10.8. The Balaban J connectivity index is 2.95. The zero-order chi connectivity index (χ0) is 16.6. The minimum absolute atomic E-state index is 0.679. The van der Waals surface area contributed by atoms with Gasteiger partial charge in [-0.3, -0.25) is 13.6 Å². The molecule has 1 fully saturated rings. The zero-order valence-corrected chi connectivity index (χ0v) is 12.6. The average Bonchev–Trinajstić information content (AvgIpc) is 2.39. The van der Waals surface area contributed by atoms with Crippen LogP contribution in [0.25, 0.3) is 0 Å². The lowest BCUT2D eigenvalue weighted by atomic mass is 10.2. The molecule has 0 aromatic rings. The summed E-state index contributed by atoms with van der Waals surface area (Å²) in [5.74, 6) is 0. The molecule has 1 saturated carbocycles. The molecule has 1 aliphatic carbocycles. The highest BCUT2D eigenvalue weighted by Crippen LogP contribution is 2.50. The third-order valence-electron chi connectivity index (χ3n) is 2.35. The summed E-state index contributed by atoms with van der Waals surface area (Å²) in [6.07, 6.45) is -8.11. The summed E-state index contributed by atoms with van der Waals surface area (Å²) in [5, 5.41) is 9.67. The molecule has 0 heterocycles. The molecule has 0 amide bonds. The van der Waals surface area contributed by atoms with Gasteiger partial charge in [-0.15, -0.1) is 0 Å². The first-order chi connectivity index (χ1) is 9.18. The van der Waals surface area contributed by atoms with Crippen LogP contribution in [0.3, 0.4) is 0 Å². The van der Waals surface area contributed by atoms with Crippen molar-refractivity contribution in [2.75, 3.05) is 0 Å². The SMILES string of the molecule is O=P(O)(O)O[C@@H]1[C@H](O)[C@H](OP(=O)(O)O)C[C@H]1OP(=O)(O)O. The van der Waals surface area contributed by atoms with Crippen molar-refractivity contribution in [3.05, 3.63) is 0 Å². The number of phosphoric acid groups is 3. The number of phosphoric ester groups is 3. The Bertz CT molecular complexity index is 500. The van der Waals surface area contributed by atoms with E-state index in [0.717, 1.165) is 0 Å². The Hall–Kier alpha value is 0.290. The van der Waals surface area contributed by atoms with Crippen molar-refractivity contribution in [3.63, 3.8) is 0 Å². The van der Waals surface area contributed by atoms with Gasteiger partial charge < -0.3 is 34.5 Å². The molecule has 16 heteroatoms. The molecule has 1 rings (SSSR count). The number of hydrogen-bond donors (Lipinski definition) is 7. The molecule has 21 heavy (non-hydrogen) atoms. The Morgan fingerprint density at radius 3 is 1.48 bits per heavy atom. The van der Waals surface area contributed by atoms with Crippen LogP contribution in [0.2, 0.25) is 0 Å². The largest absolute Gasteiger partial charge is 0.470 e. The molecule has 0 unspecified atom stereocenters. The quantitative estimate of drug-likeness (QED) is 0.255. The molecule has 0 aliphatic heterocycles. The van der Waals surface area contributed by atoms with E-state index >= 15 is 0 Å². The summed E-state index contributed by atoms with van der Waals surface area (Å²) in [7, 11) is -15.4. The van der Waals surface area contributed by atoms with Crippen molar-refractivity contribution in [1.29, 1.82) is 0 Å². The van der Waals surface area contributed by atoms with Crippen molar-refractivity contribution in [2.24, 2.45) is 0 Å². The predicted octanol–water partition coefficient (Wildman–Crippen LogP) is -1.82. The fourth-order valence-corrected chi connectivity index (χ4v) is 3.48. The summed E-state index contributed by atoms with van der Waals surface area (Å²) in [6, 6.07) is 0. The Kier molecular flexibility index (Phi) is 5.91. The Labute approximate surface area is 117 Å². The summed E-state index contributed by atoms with van der Waals surface area (Å²) in [4.78, 5) is 51.9. The van der Waals surface area contributed by atoms with E-state index < -0.39 is 54.3 Å². The van der Waals surface area contributed by atoms with Gasteiger partial charge in [0.2, 0.25) is 0 Å². The van der Waals surface area contributed by atoms with E-state index in [1.165, 1.54) is 0 Å². The van der Waals surface area contributed by atoms with Gasteiger partial charge in [0, 0.05) is 6.42 Å². The van der Waals surface area contributed by atoms with Gasteiger partial charge in [-0.25, -0.2) is 13.7 Å². The van der Waals surface area contributed by atoms with Gasteiger partial charge >= 0.3 is 23.5 Å². The lowest BCUT2D eigenvalue weighted by Crippen LogP contribution is -2.35. The van der Waals surface area contributed by atoms with Crippen LogP contribution in [0.5, 0.6) is 0 Å². The molecule has 4 atom stereocenters. The predicted molar refractivity (Wildman–Crippen MR) is 61.4 cm³/mol. The molecule has 13 nitrogen and oxygen atoms in total. The summed E-state index contributed by atoms with van der Waals surface area (Å²) in [5.41, 5.74) is 0. The van der Waals surface area contributed by atoms with Gasteiger partial charge in [0.25, 0.3) is 0 Å². The van der Waals surface area contributed by atoms with Crippen LogP contribution < -0.4 is 0 Å². The molecule has 0 radical (unpaired) electrons. The number of aliphatic hydroxyl groups is 1. The minimum Gasteiger partial charge on any atom is -0.388 e. The normalized spacial score (nSPS) is 31.6. The van der Waals surface area contributed by atoms with Gasteiger partial charge in [0.15, 0.2) is 0 Å². The van der Waals surface area contributed by atoms with Crippen LogP contribution in [-0.4, -0.2) is 58.9 Å². The molecular formula is C5H13O13P3. The fraction of sp³-hybridized carbons (Fsp3) is 1.00. The van der Waals surface area contributed by atoms with E-state index in [-0.39, 0.29) is 0 Å². The van der Waals surface area contributed by atoms with E-state index in [1.807, 2.05) is 0 Å². The van der Waals surface area contributed by atoms with Crippen molar-refractivity contribution in [2.45, 2.75) is 30.8 Å². The van der Waals surface area contributed by atoms with E-state index in [1.54, 1.807) is 0 Å². The van der Waals surface area contributed by atoms with Gasteiger partial charge in [-0.2, -0.15) is 0 Å². The van der Waals surface area contributed by atoms with E-state index in [4.69, 9.17) is 29.4 Å². The van der Waals surface area contributed by atoms with Crippen molar-refractivity contribution in [3.8, 4) is 0 Å². The lowest BCUT2D eigenvalue weighted by Gasteiger charge is -2.23. The van der Waals surface area contributed by atoms with Gasteiger partial charge in [0.05, 0.1) is 0 Å². The Morgan fingerprint density at radius 2 is 1.10 bits per heavy atom. The van der Waals surface area contributed by atoms with Crippen LogP contribution in [0, 0.1) is 0 Å². The number of aliphatic hydroxyl groups excluding tert-OH is 1.